The van der Waals surface area contributed by atoms with Gasteiger partial charge in [-0.15, -0.1) is 0 Å². The van der Waals surface area contributed by atoms with Gasteiger partial charge in [-0.25, -0.2) is 9.18 Å². The van der Waals surface area contributed by atoms with Crippen LogP contribution in [-0.2, 0) is 9.53 Å². The minimum absolute atomic E-state index is 0.213. The molecule has 0 bridgehead atoms. The number of rotatable bonds is 4. The highest BCUT2D eigenvalue weighted by atomic mass is 19.1. The molecule has 1 aliphatic carbocycles. The number of ether oxygens (including phenoxy) is 1. The molecule has 1 saturated carbocycles. The summed E-state index contributed by atoms with van der Waals surface area (Å²) in [7, 11) is 0. The first-order valence-corrected chi connectivity index (χ1v) is 6.13. The summed E-state index contributed by atoms with van der Waals surface area (Å²) in [6, 6.07) is 7.28. The molecule has 17 heavy (non-hydrogen) atoms. The lowest BCUT2D eigenvalue weighted by molar-refractivity contribution is -0.149. The van der Waals surface area contributed by atoms with Gasteiger partial charge in [0.1, 0.15) is 0 Å². The fraction of sp³-hybridized carbons (Fsp3) is 0.500. The Morgan fingerprint density at radius 2 is 2.18 bits per heavy atom. The van der Waals surface area contributed by atoms with E-state index in [2.05, 4.69) is 0 Å². The molecule has 0 saturated heterocycles. The average molecular weight is 236 g/mol. The molecule has 92 valence electrons. The third-order valence-electron chi connectivity index (χ3n) is 3.31. The highest BCUT2D eigenvalue weighted by molar-refractivity contribution is 5.77. The first-order chi connectivity index (χ1) is 8.24. The quantitative estimate of drug-likeness (QED) is 0.747. The summed E-state index contributed by atoms with van der Waals surface area (Å²) in [4.78, 5) is 11.4. The molecule has 0 spiro atoms. The summed E-state index contributed by atoms with van der Waals surface area (Å²) >= 11 is 0. The van der Waals surface area contributed by atoms with Gasteiger partial charge in [-0.1, -0.05) is 30.7 Å². The summed E-state index contributed by atoms with van der Waals surface area (Å²) in [6.45, 7) is 1.90. The molecule has 1 aliphatic rings. The summed E-state index contributed by atoms with van der Waals surface area (Å²) < 4.78 is 18.8. The predicted octanol–water partition coefficient (Wildman–Crippen LogP) is 3.53. The maximum atomic E-state index is 14.0. The van der Waals surface area contributed by atoms with Gasteiger partial charge in [0.15, 0.2) is 0 Å². The zero-order valence-corrected chi connectivity index (χ0v) is 9.99. The maximum Gasteiger partial charge on any atom is 0.345 e. The maximum absolute atomic E-state index is 14.0. The second-order valence-electron chi connectivity index (χ2n) is 4.37. The zero-order valence-electron chi connectivity index (χ0n) is 9.99. The van der Waals surface area contributed by atoms with Gasteiger partial charge in [-0.2, -0.15) is 0 Å². The molecule has 1 atom stereocenters. The van der Waals surface area contributed by atoms with Gasteiger partial charge in [-0.3, -0.25) is 0 Å². The average Bonchev–Trinajstić information content (AvgIpc) is 2.27. The summed E-state index contributed by atoms with van der Waals surface area (Å²) in [5, 5.41) is 0. The van der Waals surface area contributed by atoms with Gasteiger partial charge in [0.2, 0.25) is 6.17 Å². The summed E-state index contributed by atoms with van der Waals surface area (Å²) in [6.07, 6.45) is 1.72. The molecule has 0 N–H and O–H groups in total. The Hall–Kier alpha value is -1.38. The molecule has 0 aromatic heterocycles. The number of carbonyl (C=O) groups excluding carboxylic acids is 1. The highest BCUT2D eigenvalue weighted by Crippen LogP contribution is 2.40. The second-order valence-corrected chi connectivity index (χ2v) is 4.37. The van der Waals surface area contributed by atoms with E-state index >= 15 is 0 Å². The van der Waals surface area contributed by atoms with Crippen LogP contribution in [0.5, 0.6) is 0 Å². The van der Waals surface area contributed by atoms with Crippen LogP contribution in [0.1, 0.15) is 49.4 Å². The van der Waals surface area contributed by atoms with Crippen molar-refractivity contribution in [3.8, 4) is 0 Å². The second kappa shape index (κ2) is 5.30. The molecule has 1 unspecified atom stereocenters. The number of hydrogen-bond acceptors (Lipinski definition) is 2. The van der Waals surface area contributed by atoms with Gasteiger partial charge >= 0.3 is 5.97 Å². The molecular formula is C14H17FO2. The molecule has 2 nitrogen and oxygen atoms in total. The van der Waals surface area contributed by atoms with Crippen LogP contribution in [-0.4, -0.2) is 12.6 Å². The topological polar surface area (TPSA) is 26.3 Å². The smallest absolute Gasteiger partial charge is 0.345 e. The standard InChI is InChI=1S/C14H17FO2/c1-2-17-14(16)13(15)12-9-4-3-8-11(12)10-6-5-7-10/h3-4,8-10,13H,2,5-7H2,1H3. The molecule has 0 amide bonds. The van der Waals surface area contributed by atoms with Gasteiger partial charge < -0.3 is 4.74 Å². The van der Waals surface area contributed by atoms with Crippen LogP contribution in [0.4, 0.5) is 4.39 Å². The number of hydrogen-bond donors (Lipinski definition) is 0. The molecule has 2 rings (SSSR count). The first kappa shape index (κ1) is 12.1. The van der Waals surface area contributed by atoms with Crippen molar-refractivity contribution in [2.45, 2.75) is 38.3 Å². The van der Waals surface area contributed by atoms with Gasteiger partial charge in [0, 0.05) is 5.56 Å². The van der Waals surface area contributed by atoms with Crippen LogP contribution >= 0.6 is 0 Å². The predicted molar refractivity (Wildman–Crippen MR) is 63.5 cm³/mol. The van der Waals surface area contributed by atoms with Crippen molar-refractivity contribution in [2.24, 2.45) is 0 Å². The van der Waals surface area contributed by atoms with E-state index in [1.807, 2.05) is 12.1 Å². The molecule has 0 radical (unpaired) electrons. The van der Waals surface area contributed by atoms with Crippen LogP contribution < -0.4 is 0 Å². The fourth-order valence-corrected chi connectivity index (χ4v) is 2.18. The Bertz CT molecular complexity index is 399. The van der Waals surface area contributed by atoms with Crippen LogP contribution in [0.15, 0.2) is 24.3 Å². The molecule has 3 heteroatoms. The third kappa shape index (κ3) is 2.48. The van der Waals surface area contributed by atoms with Crippen molar-refractivity contribution in [3.63, 3.8) is 0 Å². The SMILES string of the molecule is CCOC(=O)C(F)c1ccccc1C1CCC1. The number of carbonyl (C=O) groups is 1. The van der Waals surface area contributed by atoms with Gasteiger partial charge in [0.25, 0.3) is 0 Å². The zero-order chi connectivity index (χ0) is 12.3. The number of alkyl halides is 1. The summed E-state index contributed by atoms with van der Waals surface area (Å²) in [5.41, 5.74) is 1.45. The monoisotopic (exact) mass is 236 g/mol. The lowest BCUT2D eigenvalue weighted by Gasteiger charge is -2.28. The van der Waals surface area contributed by atoms with E-state index < -0.39 is 12.1 Å². The van der Waals surface area contributed by atoms with Crippen LogP contribution in [0, 0.1) is 0 Å². The Labute approximate surface area is 101 Å². The lowest BCUT2D eigenvalue weighted by atomic mass is 9.77. The number of esters is 1. The Morgan fingerprint density at radius 3 is 2.76 bits per heavy atom. The van der Waals surface area contributed by atoms with E-state index in [0.29, 0.717) is 11.5 Å². The van der Waals surface area contributed by atoms with E-state index in [9.17, 15) is 9.18 Å². The molecule has 0 aliphatic heterocycles. The van der Waals surface area contributed by atoms with Crippen molar-refractivity contribution in [3.05, 3.63) is 35.4 Å². The number of halogens is 1. The molecule has 0 heterocycles. The Kier molecular flexibility index (Phi) is 3.77. The van der Waals surface area contributed by atoms with Crippen molar-refractivity contribution < 1.29 is 13.9 Å². The van der Waals surface area contributed by atoms with Crippen LogP contribution in [0.2, 0.25) is 0 Å². The largest absolute Gasteiger partial charge is 0.464 e. The van der Waals surface area contributed by atoms with Gasteiger partial charge in [0.05, 0.1) is 6.61 Å². The molecular weight excluding hydrogens is 219 g/mol. The number of benzene rings is 1. The minimum atomic E-state index is -1.65. The van der Waals surface area contributed by atoms with Crippen molar-refractivity contribution >= 4 is 5.97 Å². The van der Waals surface area contributed by atoms with Crippen molar-refractivity contribution in [2.75, 3.05) is 6.61 Å². The van der Waals surface area contributed by atoms with Crippen molar-refractivity contribution in [1.82, 2.24) is 0 Å². The van der Waals surface area contributed by atoms with Crippen LogP contribution in [0.25, 0.3) is 0 Å². The van der Waals surface area contributed by atoms with Crippen LogP contribution in [0.3, 0.4) is 0 Å². The van der Waals surface area contributed by atoms with Gasteiger partial charge in [-0.05, 0) is 31.2 Å². The Morgan fingerprint density at radius 1 is 1.47 bits per heavy atom. The molecule has 1 aromatic carbocycles. The minimum Gasteiger partial charge on any atom is -0.464 e. The summed E-state index contributed by atoms with van der Waals surface area (Å²) in [5.74, 6) is -0.363. The van der Waals surface area contributed by atoms with E-state index in [4.69, 9.17) is 4.74 Å². The third-order valence-corrected chi connectivity index (χ3v) is 3.31. The van der Waals surface area contributed by atoms with E-state index in [0.717, 1.165) is 18.4 Å². The fourth-order valence-electron chi connectivity index (χ4n) is 2.18. The van der Waals surface area contributed by atoms with E-state index in [1.54, 1.807) is 19.1 Å². The normalized spacial score (nSPS) is 17.3. The molecule has 1 aromatic rings. The first-order valence-electron chi connectivity index (χ1n) is 6.13. The van der Waals surface area contributed by atoms with Crippen molar-refractivity contribution in [1.29, 1.82) is 0 Å². The lowest BCUT2D eigenvalue weighted by Crippen LogP contribution is -2.17. The van der Waals surface area contributed by atoms with E-state index in [1.165, 1.54) is 6.42 Å². The Balaban J connectivity index is 2.21. The highest BCUT2D eigenvalue weighted by Gasteiger charge is 2.28. The van der Waals surface area contributed by atoms with E-state index in [-0.39, 0.29) is 6.61 Å². The molecule has 1 fully saturated rings.